The van der Waals surface area contributed by atoms with E-state index in [-0.39, 0.29) is 19.6 Å². The van der Waals surface area contributed by atoms with Gasteiger partial charge in [-0.25, -0.2) is 9.18 Å². The predicted octanol–water partition coefficient (Wildman–Crippen LogP) is 3.25. The first-order valence-corrected chi connectivity index (χ1v) is 9.84. The van der Waals surface area contributed by atoms with Crippen LogP contribution in [-0.2, 0) is 29.6 Å². The van der Waals surface area contributed by atoms with Gasteiger partial charge in [-0.3, -0.25) is 4.57 Å². The van der Waals surface area contributed by atoms with Crippen molar-refractivity contribution >= 4 is 30.8 Å². The molecule has 0 bridgehead atoms. The van der Waals surface area contributed by atoms with Crippen LogP contribution in [0.25, 0.3) is 0 Å². The van der Waals surface area contributed by atoms with Crippen molar-refractivity contribution < 1.29 is 27.5 Å². The number of halogens is 1. The van der Waals surface area contributed by atoms with Crippen molar-refractivity contribution in [1.82, 2.24) is 5.32 Å². The molecular weight excluding hydrogens is 368 g/mol. The molecule has 1 aromatic carbocycles. The molecule has 0 aromatic heterocycles. The zero-order chi connectivity index (χ0) is 18.9. The van der Waals surface area contributed by atoms with Crippen LogP contribution in [0.2, 0.25) is 0 Å². The van der Waals surface area contributed by atoms with Crippen molar-refractivity contribution in [3.05, 3.63) is 35.9 Å². The number of carbonyl (C=O) groups is 1. The van der Waals surface area contributed by atoms with E-state index in [2.05, 4.69) is 5.32 Å². The van der Waals surface area contributed by atoms with Gasteiger partial charge in [-0.05, 0) is 19.4 Å². The first kappa shape index (κ1) is 21.7. The Balaban J connectivity index is 2.89. The molecule has 0 spiro atoms. The Morgan fingerprint density at radius 1 is 1.24 bits per heavy atom. The van der Waals surface area contributed by atoms with Crippen LogP contribution < -0.4 is 5.32 Å². The fourth-order valence-corrected chi connectivity index (χ4v) is 4.04. The quantitative estimate of drug-likeness (QED) is 0.373. The van der Waals surface area contributed by atoms with Crippen molar-refractivity contribution in [3.63, 3.8) is 0 Å². The van der Waals surface area contributed by atoms with Gasteiger partial charge in [0.15, 0.2) is 0 Å². The number of methoxy groups -OCH3 is 1. The second-order valence-corrected chi connectivity index (χ2v) is 7.47. The van der Waals surface area contributed by atoms with Crippen LogP contribution in [-0.4, -0.2) is 43.2 Å². The average molecular weight is 391 g/mol. The summed E-state index contributed by atoms with van der Waals surface area (Å²) in [5, 5.41) is 2.59. The van der Waals surface area contributed by atoms with Gasteiger partial charge >= 0.3 is 13.6 Å². The molecular formula is C16H23FNO5PS. The maximum absolute atomic E-state index is 14.6. The van der Waals surface area contributed by atoms with E-state index in [0.717, 1.165) is 5.56 Å². The van der Waals surface area contributed by atoms with Gasteiger partial charge in [-0.2, -0.15) is 0 Å². The van der Waals surface area contributed by atoms with E-state index in [1.807, 2.05) is 30.3 Å². The molecule has 0 heterocycles. The highest BCUT2D eigenvalue weighted by molar-refractivity contribution is 7.81. The van der Waals surface area contributed by atoms with Gasteiger partial charge in [0.25, 0.3) is 5.91 Å². The summed E-state index contributed by atoms with van der Waals surface area (Å²) in [6.45, 7) is 3.15. The number of benzene rings is 1. The number of esters is 1. The Labute approximate surface area is 152 Å². The van der Waals surface area contributed by atoms with Crippen LogP contribution in [0.4, 0.5) is 4.39 Å². The van der Waals surface area contributed by atoms with Crippen molar-refractivity contribution in [3.8, 4) is 0 Å². The van der Waals surface area contributed by atoms with E-state index in [4.69, 9.17) is 26.0 Å². The Morgan fingerprint density at radius 3 is 2.28 bits per heavy atom. The third kappa shape index (κ3) is 6.47. The number of alkyl halides is 1. The molecule has 1 N–H and O–H groups in total. The molecule has 0 radical (unpaired) electrons. The van der Waals surface area contributed by atoms with Crippen LogP contribution >= 0.6 is 19.8 Å². The first-order chi connectivity index (χ1) is 11.9. The van der Waals surface area contributed by atoms with Crippen LogP contribution in [0.3, 0.4) is 0 Å². The van der Waals surface area contributed by atoms with Crippen molar-refractivity contribution in [2.24, 2.45) is 0 Å². The van der Waals surface area contributed by atoms with E-state index in [1.54, 1.807) is 13.8 Å². The summed E-state index contributed by atoms with van der Waals surface area (Å²) in [6, 6.07) is 8.19. The minimum absolute atomic E-state index is 0.00472. The standard InChI is InChI=1S/C16H23FNO5PS/c1-4-22-24(20,23-5-2)14(17)15(25)18-13(16(19)21-3)11-12-9-7-6-8-10-12/h6-10,13-14H,4-5,11H2,1-3H3,(H,18,25)/t13-,14?/m0/s1. The smallest absolute Gasteiger partial charge is 0.371 e. The molecule has 0 fully saturated rings. The summed E-state index contributed by atoms with van der Waals surface area (Å²) in [5.74, 6) is -2.79. The lowest BCUT2D eigenvalue weighted by Gasteiger charge is -2.24. The molecule has 25 heavy (non-hydrogen) atoms. The monoisotopic (exact) mass is 391 g/mol. The maximum Gasteiger partial charge on any atom is 0.371 e. The fourth-order valence-electron chi connectivity index (χ4n) is 2.10. The topological polar surface area (TPSA) is 73.9 Å². The molecule has 0 amide bonds. The normalized spacial score (nSPS) is 13.8. The molecule has 0 saturated heterocycles. The van der Waals surface area contributed by atoms with Gasteiger partial charge in [0.1, 0.15) is 11.0 Å². The van der Waals surface area contributed by atoms with Crippen molar-refractivity contribution in [2.45, 2.75) is 32.2 Å². The maximum atomic E-state index is 14.6. The summed E-state index contributed by atoms with van der Waals surface area (Å²) in [6.07, 6.45) is 0.230. The average Bonchev–Trinajstić information content (AvgIpc) is 2.61. The van der Waals surface area contributed by atoms with Gasteiger partial charge in [0.05, 0.1) is 20.3 Å². The summed E-state index contributed by atoms with van der Waals surface area (Å²) < 4.78 is 41.7. The van der Waals surface area contributed by atoms with Crippen LogP contribution in [0, 0.1) is 0 Å². The number of carbonyl (C=O) groups excluding carboxylic acids is 1. The molecule has 6 nitrogen and oxygen atoms in total. The minimum Gasteiger partial charge on any atom is -0.467 e. The third-order valence-corrected chi connectivity index (χ3v) is 5.75. The molecule has 1 rings (SSSR count). The molecule has 140 valence electrons. The summed E-state index contributed by atoms with van der Waals surface area (Å²) in [5.41, 5.74) is 0.835. The lowest BCUT2D eigenvalue weighted by Crippen LogP contribution is -2.45. The molecule has 0 aliphatic heterocycles. The van der Waals surface area contributed by atoms with E-state index in [0.29, 0.717) is 0 Å². The largest absolute Gasteiger partial charge is 0.467 e. The van der Waals surface area contributed by atoms with Gasteiger partial charge in [0.2, 0.25) is 0 Å². The Hall–Kier alpha value is -1.34. The second-order valence-electron chi connectivity index (χ2n) is 4.99. The van der Waals surface area contributed by atoms with E-state index >= 15 is 0 Å². The zero-order valence-electron chi connectivity index (χ0n) is 14.4. The highest BCUT2D eigenvalue weighted by atomic mass is 32.1. The molecule has 1 unspecified atom stereocenters. The predicted molar refractivity (Wildman–Crippen MR) is 97.4 cm³/mol. The number of rotatable bonds is 10. The highest BCUT2D eigenvalue weighted by Gasteiger charge is 2.40. The summed E-state index contributed by atoms with van der Waals surface area (Å²) in [7, 11) is -2.84. The molecule has 9 heteroatoms. The number of ether oxygens (including phenoxy) is 1. The lowest BCUT2D eigenvalue weighted by atomic mass is 10.1. The number of thiocarbonyl (C=S) groups is 1. The van der Waals surface area contributed by atoms with E-state index < -0.39 is 30.5 Å². The van der Waals surface area contributed by atoms with Gasteiger partial charge in [-0.15, -0.1) is 0 Å². The van der Waals surface area contributed by atoms with Gasteiger partial charge in [-0.1, -0.05) is 42.5 Å². The molecule has 1 aromatic rings. The van der Waals surface area contributed by atoms with Gasteiger partial charge < -0.3 is 19.1 Å². The van der Waals surface area contributed by atoms with Gasteiger partial charge in [0, 0.05) is 6.42 Å². The fraction of sp³-hybridized carbons (Fsp3) is 0.500. The Bertz CT molecular complexity index is 606. The van der Waals surface area contributed by atoms with Crippen LogP contribution in [0.5, 0.6) is 0 Å². The first-order valence-electron chi connectivity index (χ1n) is 7.82. The molecule has 0 aliphatic rings. The van der Waals surface area contributed by atoms with E-state index in [1.165, 1.54) is 7.11 Å². The van der Waals surface area contributed by atoms with Crippen LogP contribution in [0.1, 0.15) is 19.4 Å². The minimum atomic E-state index is -4.07. The summed E-state index contributed by atoms with van der Waals surface area (Å²) in [4.78, 5) is 11.6. The molecule has 0 saturated carbocycles. The Kier molecular flexibility index (Phi) is 9.21. The van der Waals surface area contributed by atoms with Crippen molar-refractivity contribution in [2.75, 3.05) is 20.3 Å². The number of hydrogen-bond donors (Lipinski definition) is 1. The van der Waals surface area contributed by atoms with E-state index in [9.17, 15) is 13.8 Å². The van der Waals surface area contributed by atoms with Crippen LogP contribution in [0.15, 0.2) is 30.3 Å². The zero-order valence-corrected chi connectivity index (χ0v) is 16.1. The van der Waals surface area contributed by atoms with Crippen molar-refractivity contribution in [1.29, 1.82) is 0 Å². The Morgan fingerprint density at radius 2 is 1.80 bits per heavy atom. The molecule has 2 atom stereocenters. The second kappa shape index (κ2) is 10.6. The summed E-state index contributed by atoms with van der Waals surface area (Å²) >= 11 is 4.99. The lowest BCUT2D eigenvalue weighted by molar-refractivity contribution is -0.142. The highest BCUT2D eigenvalue weighted by Crippen LogP contribution is 2.53. The number of nitrogens with one attached hydrogen (secondary N) is 1. The third-order valence-electron chi connectivity index (χ3n) is 3.20. The SMILES string of the molecule is CCOP(=O)(OCC)C(F)C(=S)N[C@@H](Cc1ccccc1)C(=O)OC. The molecule has 0 aliphatic carbocycles. The number of hydrogen-bond acceptors (Lipinski definition) is 6.